The monoisotopic (exact) mass is 240 g/mol. The zero-order valence-corrected chi connectivity index (χ0v) is 11.1. The van der Waals surface area contributed by atoms with Gasteiger partial charge in [0.2, 0.25) is 5.91 Å². The highest BCUT2D eigenvalue weighted by molar-refractivity contribution is 5.79. The van der Waals surface area contributed by atoms with Crippen molar-refractivity contribution in [3.05, 3.63) is 0 Å². The summed E-state index contributed by atoms with van der Waals surface area (Å²) in [5.74, 6) is 0.486. The summed E-state index contributed by atoms with van der Waals surface area (Å²) in [7, 11) is 0. The van der Waals surface area contributed by atoms with E-state index in [9.17, 15) is 9.90 Å². The predicted octanol–water partition coefficient (Wildman–Crippen LogP) is 0.700. The van der Waals surface area contributed by atoms with E-state index in [2.05, 4.69) is 0 Å². The van der Waals surface area contributed by atoms with Gasteiger partial charge >= 0.3 is 0 Å². The summed E-state index contributed by atoms with van der Waals surface area (Å²) < 4.78 is 0. The summed E-state index contributed by atoms with van der Waals surface area (Å²) in [6, 6.07) is 0.498. The molecule has 4 heteroatoms. The summed E-state index contributed by atoms with van der Waals surface area (Å²) in [5, 5.41) is 10.1. The van der Waals surface area contributed by atoms with Crippen LogP contribution in [0.1, 0.15) is 33.6 Å². The quantitative estimate of drug-likeness (QED) is 0.769. The Bertz CT molecular complexity index is 294. The zero-order valence-electron chi connectivity index (χ0n) is 11.1. The molecule has 98 valence electrons. The minimum Gasteiger partial charge on any atom is -0.387 e. The Morgan fingerprint density at radius 3 is 2.47 bits per heavy atom. The van der Waals surface area contributed by atoms with Gasteiger partial charge in [-0.2, -0.15) is 0 Å². The Morgan fingerprint density at radius 2 is 2.06 bits per heavy atom. The van der Waals surface area contributed by atoms with Gasteiger partial charge in [-0.15, -0.1) is 0 Å². The van der Waals surface area contributed by atoms with E-state index in [1.54, 1.807) is 0 Å². The minimum atomic E-state index is -0.573. The van der Waals surface area contributed by atoms with Crippen LogP contribution in [0.3, 0.4) is 0 Å². The average Bonchev–Trinajstić information content (AvgIpc) is 3.00. The predicted molar refractivity (Wildman–Crippen MR) is 66.6 cm³/mol. The SMILES string of the molecule is CCN(C(=O)CN1CC(O)(C(C)C)C1)C1CC1. The Kier molecular flexibility index (Phi) is 3.46. The molecule has 1 N–H and O–H groups in total. The number of nitrogens with zero attached hydrogens (tertiary/aromatic N) is 2. The average molecular weight is 240 g/mol. The molecule has 0 atom stereocenters. The highest BCUT2D eigenvalue weighted by Crippen LogP contribution is 2.30. The van der Waals surface area contributed by atoms with Gasteiger partial charge in [-0.1, -0.05) is 13.8 Å². The fourth-order valence-corrected chi connectivity index (χ4v) is 2.51. The molecule has 2 rings (SSSR count). The Balaban J connectivity index is 1.77. The smallest absolute Gasteiger partial charge is 0.236 e. The first kappa shape index (κ1) is 12.8. The maximum atomic E-state index is 12.0. The third kappa shape index (κ3) is 2.63. The van der Waals surface area contributed by atoms with E-state index in [1.807, 2.05) is 30.6 Å². The second-order valence-electron chi connectivity index (χ2n) is 5.81. The van der Waals surface area contributed by atoms with E-state index < -0.39 is 5.60 Å². The second kappa shape index (κ2) is 4.58. The number of rotatable bonds is 5. The van der Waals surface area contributed by atoms with Crippen LogP contribution in [0.5, 0.6) is 0 Å². The Hall–Kier alpha value is -0.610. The maximum Gasteiger partial charge on any atom is 0.236 e. The molecular formula is C13H24N2O2. The van der Waals surface area contributed by atoms with Gasteiger partial charge in [0, 0.05) is 25.7 Å². The lowest BCUT2D eigenvalue weighted by molar-refractivity contribution is -0.149. The van der Waals surface area contributed by atoms with Crippen molar-refractivity contribution in [1.29, 1.82) is 0 Å². The molecule has 0 radical (unpaired) electrons. The van der Waals surface area contributed by atoms with Crippen molar-refractivity contribution in [2.75, 3.05) is 26.2 Å². The largest absolute Gasteiger partial charge is 0.387 e. The molecule has 17 heavy (non-hydrogen) atoms. The second-order valence-corrected chi connectivity index (χ2v) is 5.81. The molecule has 1 amide bonds. The Morgan fingerprint density at radius 1 is 1.47 bits per heavy atom. The molecule has 0 aromatic heterocycles. The first-order chi connectivity index (χ1) is 7.96. The fraction of sp³-hybridized carbons (Fsp3) is 0.923. The van der Waals surface area contributed by atoms with Crippen LogP contribution in [0.15, 0.2) is 0 Å². The molecule has 4 nitrogen and oxygen atoms in total. The van der Waals surface area contributed by atoms with E-state index in [-0.39, 0.29) is 11.8 Å². The molecule has 0 spiro atoms. The minimum absolute atomic E-state index is 0.223. The van der Waals surface area contributed by atoms with Crippen LogP contribution >= 0.6 is 0 Å². The van der Waals surface area contributed by atoms with Gasteiger partial charge in [-0.3, -0.25) is 9.69 Å². The number of carbonyl (C=O) groups excluding carboxylic acids is 1. The number of hydrogen-bond acceptors (Lipinski definition) is 3. The van der Waals surface area contributed by atoms with Crippen molar-refractivity contribution in [3.8, 4) is 0 Å². The molecule has 1 heterocycles. The van der Waals surface area contributed by atoms with Gasteiger partial charge in [0.1, 0.15) is 0 Å². The van der Waals surface area contributed by atoms with Crippen LogP contribution < -0.4 is 0 Å². The highest BCUT2D eigenvalue weighted by Gasteiger charge is 2.44. The van der Waals surface area contributed by atoms with Gasteiger partial charge in [0.25, 0.3) is 0 Å². The Labute approximate surface area is 104 Å². The normalized spacial score (nSPS) is 23.6. The molecular weight excluding hydrogens is 216 g/mol. The number of β-amino-alcohol motifs (C(OH)–C–C–N with tert-alkyl or cyclic N) is 1. The van der Waals surface area contributed by atoms with Gasteiger partial charge in [-0.05, 0) is 25.7 Å². The van der Waals surface area contributed by atoms with Gasteiger partial charge in [0.15, 0.2) is 0 Å². The molecule has 2 aliphatic rings. The number of carbonyl (C=O) groups is 1. The van der Waals surface area contributed by atoms with E-state index in [1.165, 1.54) is 0 Å². The number of likely N-dealkylation sites (N-methyl/N-ethyl adjacent to an activating group) is 1. The van der Waals surface area contributed by atoms with Crippen molar-refractivity contribution < 1.29 is 9.90 Å². The van der Waals surface area contributed by atoms with E-state index in [4.69, 9.17) is 0 Å². The van der Waals surface area contributed by atoms with Crippen molar-refractivity contribution in [3.63, 3.8) is 0 Å². The van der Waals surface area contributed by atoms with Crippen LogP contribution in [0.4, 0.5) is 0 Å². The summed E-state index contributed by atoms with van der Waals surface area (Å²) in [6.45, 7) is 8.66. The first-order valence-corrected chi connectivity index (χ1v) is 6.70. The number of hydrogen-bond donors (Lipinski definition) is 1. The van der Waals surface area contributed by atoms with Crippen molar-refractivity contribution in [2.45, 2.75) is 45.3 Å². The fourth-order valence-electron chi connectivity index (χ4n) is 2.51. The lowest BCUT2D eigenvalue weighted by atomic mass is 9.83. The van der Waals surface area contributed by atoms with Crippen LogP contribution in [0.2, 0.25) is 0 Å². The number of amides is 1. The van der Waals surface area contributed by atoms with E-state index >= 15 is 0 Å². The van der Waals surface area contributed by atoms with Crippen molar-refractivity contribution in [2.24, 2.45) is 5.92 Å². The van der Waals surface area contributed by atoms with Crippen molar-refractivity contribution >= 4 is 5.91 Å². The summed E-state index contributed by atoms with van der Waals surface area (Å²) in [6.07, 6.45) is 2.32. The van der Waals surface area contributed by atoms with Crippen molar-refractivity contribution in [1.82, 2.24) is 9.80 Å². The summed E-state index contributed by atoms with van der Waals surface area (Å²) >= 11 is 0. The van der Waals surface area contributed by atoms with E-state index in [0.29, 0.717) is 25.7 Å². The lowest BCUT2D eigenvalue weighted by Gasteiger charge is -2.49. The highest BCUT2D eigenvalue weighted by atomic mass is 16.3. The molecule has 0 aromatic rings. The maximum absolute atomic E-state index is 12.0. The van der Waals surface area contributed by atoms with Gasteiger partial charge in [0.05, 0.1) is 12.1 Å². The van der Waals surface area contributed by atoms with E-state index in [0.717, 1.165) is 19.4 Å². The molecule has 0 unspecified atom stereocenters. The summed E-state index contributed by atoms with van der Waals surface area (Å²) in [5.41, 5.74) is -0.573. The lowest BCUT2D eigenvalue weighted by Crippen LogP contribution is -2.65. The summed E-state index contributed by atoms with van der Waals surface area (Å²) in [4.78, 5) is 16.1. The third-order valence-electron chi connectivity index (χ3n) is 4.08. The van der Waals surface area contributed by atoms with Crippen LogP contribution in [0.25, 0.3) is 0 Å². The molecule has 1 saturated heterocycles. The molecule has 2 fully saturated rings. The van der Waals surface area contributed by atoms with Crippen LogP contribution in [-0.2, 0) is 4.79 Å². The zero-order chi connectivity index (χ0) is 12.6. The topological polar surface area (TPSA) is 43.8 Å². The third-order valence-corrected chi connectivity index (χ3v) is 4.08. The molecule has 1 aliphatic heterocycles. The molecule has 1 aliphatic carbocycles. The van der Waals surface area contributed by atoms with Gasteiger partial charge < -0.3 is 10.0 Å². The molecule has 0 aromatic carbocycles. The molecule has 0 bridgehead atoms. The molecule has 1 saturated carbocycles. The first-order valence-electron chi connectivity index (χ1n) is 6.70. The standard InChI is InChI=1S/C13H24N2O2/c1-4-15(11-5-6-11)12(16)7-14-8-13(17,9-14)10(2)3/h10-11,17H,4-9H2,1-3H3. The van der Waals surface area contributed by atoms with Crippen LogP contribution in [0, 0.1) is 5.92 Å². The number of aliphatic hydroxyl groups is 1. The van der Waals surface area contributed by atoms with Gasteiger partial charge in [-0.25, -0.2) is 0 Å². The van der Waals surface area contributed by atoms with Crippen LogP contribution in [-0.4, -0.2) is 58.6 Å². The number of likely N-dealkylation sites (tertiary alicyclic amines) is 1.